The number of carboxylic acid groups (broad SMARTS) is 2. The van der Waals surface area contributed by atoms with Crippen LogP contribution in [0.3, 0.4) is 0 Å². The van der Waals surface area contributed by atoms with Gasteiger partial charge in [-0.1, -0.05) is 53.2 Å². The van der Waals surface area contributed by atoms with Crippen LogP contribution in [0, 0.1) is 50.2 Å². The number of aliphatic hydroxyl groups excluding tert-OH is 7. The first kappa shape index (κ1) is 43.3. The Morgan fingerprint density at radius 1 is 0.754 bits per heavy atom. The maximum atomic E-state index is 13.1. The minimum absolute atomic E-state index is 0.0154. The highest BCUT2D eigenvalue weighted by atomic mass is 16.8. The smallest absolute Gasteiger partial charge is 0.335 e. The molecule has 4 saturated carbocycles. The molecule has 0 radical (unpaired) electrons. The maximum absolute atomic E-state index is 13.1. The molecule has 57 heavy (non-hydrogen) atoms. The van der Waals surface area contributed by atoms with Crippen LogP contribution in [0.4, 0.5) is 0 Å². The fourth-order valence-electron chi connectivity index (χ4n) is 13.6. The molecular weight excluding hydrogens is 744 g/mol. The molecule has 0 spiro atoms. The zero-order valence-electron chi connectivity index (χ0n) is 34.1. The van der Waals surface area contributed by atoms with Gasteiger partial charge >= 0.3 is 11.9 Å². The average Bonchev–Trinajstić information content (AvgIpc) is 3.15. The fraction of sp³-hybridized carbons (Fsp3) is 0.905. The van der Waals surface area contributed by atoms with E-state index in [0.29, 0.717) is 25.7 Å². The molecule has 9 N–H and O–H groups in total. The van der Waals surface area contributed by atoms with Crippen LogP contribution in [0.15, 0.2) is 11.6 Å². The third kappa shape index (κ3) is 6.39. The van der Waals surface area contributed by atoms with Gasteiger partial charge in [-0.15, -0.1) is 0 Å². The van der Waals surface area contributed by atoms with E-state index in [2.05, 4.69) is 40.7 Å². The summed E-state index contributed by atoms with van der Waals surface area (Å²) in [6.07, 6.45) is -8.45. The predicted molar refractivity (Wildman–Crippen MR) is 200 cm³/mol. The minimum atomic E-state index is -1.98. The summed E-state index contributed by atoms with van der Waals surface area (Å²) in [6, 6.07) is 0. The van der Waals surface area contributed by atoms with Gasteiger partial charge in [0.15, 0.2) is 18.7 Å². The van der Waals surface area contributed by atoms with Crippen molar-refractivity contribution in [2.75, 3.05) is 13.2 Å². The number of fused-ring (bicyclic) bond motifs is 7. The van der Waals surface area contributed by atoms with Crippen molar-refractivity contribution in [2.45, 2.75) is 173 Å². The maximum Gasteiger partial charge on any atom is 0.335 e. The molecule has 0 aromatic heterocycles. The van der Waals surface area contributed by atoms with Crippen LogP contribution in [0.5, 0.6) is 0 Å². The number of hydrogen-bond donors (Lipinski definition) is 9. The van der Waals surface area contributed by atoms with Crippen molar-refractivity contribution >= 4 is 11.9 Å². The van der Waals surface area contributed by atoms with Gasteiger partial charge in [0.05, 0.1) is 24.7 Å². The Balaban J connectivity index is 1.17. The van der Waals surface area contributed by atoms with Gasteiger partial charge in [-0.05, 0) is 104 Å². The number of ether oxygens (including phenoxy) is 4. The molecule has 324 valence electrons. The van der Waals surface area contributed by atoms with Crippen LogP contribution in [-0.2, 0) is 28.5 Å². The van der Waals surface area contributed by atoms with Crippen LogP contribution in [0.25, 0.3) is 0 Å². The fourth-order valence-corrected chi connectivity index (χ4v) is 13.6. The Morgan fingerprint density at radius 3 is 2.07 bits per heavy atom. The number of carbonyl (C=O) groups is 2. The second kappa shape index (κ2) is 14.7. The third-order valence-electron chi connectivity index (χ3n) is 17.4. The molecule has 0 aromatic rings. The number of rotatable bonds is 8. The lowest BCUT2D eigenvalue weighted by Gasteiger charge is -2.71. The molecule has 5 aliphatic carbocycles. The minimum Gasteiger partial charge on any atom is -0.481 e. The van der Waals surface area contributed by atoms with Crippen LogP contribution in [-0.4, -0.2) is 139 Å². The van der Waals surface area contributed by atoms with E-state index in [1.54, 1.807) is 0 Å². The van der Waals surface area contributed by atoms with E-state index in [9.17, 15) is 55.5 Å². The monoisotopic (exact) mass is 810 g/mol. The van der Waals surface area contributed by atoms with Gasteiger partial charge in [0, 0.05) is 5.41 Å². The molecule has 19 atom stereocenters. The first-order valence-corrected chi connectivity index (χ1v) is 21.0. The molecular formula is C42H66O15. The first-order chi connectivity index (χ1) is 26.5. The van der Waals surface area contributed by atoms with Crippen LogP contribution < -0.4 is 0 Å². The summed E-state index contributed by atoms with van der Waals surface area (Å²) in [7, 11) is 0. The summed E-state index contributed by atoms with van der Waals surface area (Å²) in [5, 5.41) is 95.2. The van der Waals surface area contributed by atoms with Gasteiger partial charge in [0.2, 0.25) is 0 Å². The van der Waals surface area contributed by atoms with Crippen molar-refractivity contribution in [3.8, 4) is 0 Å². The molecule has 6 fully saturated rings. The van der Waals surface area contributed by atoms with Gasteiger partial charge in [-0.3, -0.25) is 4.79 Å². The summed E-state index contributed by atoms with van der Waals surface area (Å²) in [5.74, 6) is -2.12. The van der Waals surface area contributed by atoms with Gasteiger partial charge in [-0.2, -0.15) is 0 Å². The predicted octanol–water partition coefficient (Wildman–Crippen LogP) is 1.95. The van der Waals surface area contributed by atoms with Crippen molar-refractivity contribution in [1.82, 2.24) is 0 Å². The Bertz CT molecular complexity index is 1590. The highest BCUT2D eigenvalue weighted by molar-refractivity contribution is 5.76. The highest BCUT2D eigenvalue weighted by Gasteiger charge is 2.70. The van der Waals surface area contributed by atoms with E-state index in [-0.39, 0.29) is 46.0 Å². The quantitative estimate of drug-likeness (QED) is 0.126. The summed E-state index contributed by atoms with van der Waals surface area (Å²) in [4.78, 5) is 24.9. The Hall–Kier alpha value is -1.76. The zero-order valence-corrected chi connectivity index (χ0v) is 34.1. The largest absolute Gasteiger partial charge is 0.481 e. The molecule has 7 rings (SSSR count). The van der Waals surface area contributed by atoms with Crippen LogP contribution in [0.1, 0.15) is 106 Å². The molecule has 0 bridgehead atoms. The lowest BCUT2D eigenvalue weighted by Crippen LogP contribution is -2.67. The van der Waals surface area contributed by atoms with Crippen molar-refractivity contribution in [2.24, 2.45) is 50.2 Å². The molecule has 0 unspecified atom stereocenters. The molecule has 15 nitrogen and oxygen atoms in total. The van der Waals surface area contributed by atoms with Gasteiger partial charge in [0.1, 0.15) is 42.7 Å². The van der Waals surface area contributed by atoms with Crippen molar-refractivity contribution < 1.29 is 74.5 Å². The number of carboxylic acids is 2. The normalized spacial score (nSPS) is 53.3. The van der Waals surface area contributed by atoms with E-state index in [0.717, 1.165) is 38.5 Å². The van der Waals surface area contributed by atoms with Crippen LogP contribution >= 0.6 is 0 Å². The standard InChI is InChI=1S/C42H66O15/c1-37(2)13-15-42(36(52)53)16-14-40(5)20(21(42)17-37)7-8-24-38(3)11-10-25(39(4,19-44)23(38)9-12-41(24,40)6)55-35-32(28(47)26(45)22(18-43)54-35)57-34-30(49)27(46)29(48)31(56-34)33(50)51/h7,21-32,34-35,43-49H,8-19H2,1-6H3,(H,50,51)(H,52,53)/t21-,22-,23+,24+,25-,26+,27-,28-,29-,30-,31-,32-,34-,35-,38-,39-,40+,41+,42-/m0/s1. The molecule has 0 amide bonds. The van der Waals surface area contributed by atoms with Crippen molar-refractivity contribution in [1.29, 1.82) is 0 Å². The second-order valence-electron chi connectivity index (χ2n) is 20.5. The first-order valence-electron chi connectivity index (χ1n) is 21.0. The second-order valence-corrected chi connectivity index (χ2v) is 20.5. The number of allylic oxidation sites excluding steroid dienone is 2. The third-order valence-corrected chi connectivity index (χ3v) is 17.4. The van der Waals surface area contributed by atoms with E-state index in [1.165, 1.54) is 5.57 Å². The van der Waals surface area contributed by atoms with Crippen LogP contribution in [0.2, 0.25) is 0 Å². The van der Waals surface area contributed by atoms with Gasteiger partial charge < -0.3 is 64.9 Å². The Morgan fingerprint density at radius 2 is 1.44 bits per heavy atom. The number of aliphatic hydroxyl groups is 7. The van der Waals surface area contributed by atoms with Crippen molar-refractivity contribution in [3.05, 3.63) is 11.6 Å². The number of aliphatic carboxylic acids is 2. The molecule has 2 aliphatic heterocycles. The lowest BCUT2D eigenvalue weighted by atomic mass is 9.33. The van der Waals surface area contributed by atoms with E-state index in [4.69, 9.17) is 18.9 Å². The Kier molecular flexibility index (Phi) is 11.2. The summed E-state index contributed by atoms with van der Waals surface area (Å²) in [6.45, 7) is 12.7. The topological polar surface area (TPSA) is 253 Å². The highest BCUT2D eigenvalue weighted by Crippen LogP contribution is 2.76. The zero-order chi connectivity index (χ0) is 41.8. The summed E-state index contributed by atoms with van der Waals surface area (Å²) >= 11 is 0. The molecule has 7 aliphatic rings. The number of hydrogen-bond acceptors (Lipinski definition) is 13. The molecule has 2 heterocycles. The lowest BCUT2D eigenvalue weighted by molar-refractivity contribution is -0.376. The summed E-state index contributed by atoms with van der Waals surface area (Å²) in [5.41, 5.74) is -0.792. The molecule has 2 saturated heterocycles. The van der Waals surface area contributed by atoms with Gasteiger partial charge in [0.25, 0.3) is 0 Å². The summed E-state index contributed by atoms with van der Waals surface area (Å²) < 4.78 is 23.8. The average molecular weight is 811 g/mol. The molecule has 0 aromatic carbocycles. The Labute approximate surface area is 334 Å². The van der Waals surface area contributed by atoms with E-state index < -0.39 is 96.9 Å². The van der Waals surface area contributed by atoms with E-state index >= 15 is 0 Å². The SMILES string of the molecule is CC1(C)CC[C@]2(C(=O)O)CC[C@]3(C)C(=CC[C@@H]4[C@@]5(C)CC[C@H](O[C@@H]6O[C@@H](CO)[C@@H](O)[C@H](O)[C@@H]6O[C@@H]6O[C@H](C(=O)O)[C@@H](O)[C@H](O)[C@@H]6O)[C@@](C)(CO)[C@@H]5CC[C@]43C)[C@@H]2C1. The van der Waals surface area contributed by atoms with E-state index in [1.807, 2.05) is 6.92 Å². The van der Waals surface area contributed by atoms with Crippen molar-refractivity contribution in [3.63, 3.8) is 0 Å². The molecule has 15 heteroatoms. The van der Waals surface area contributed by atoms with Gasteiger partial charge in [-0.25, -0.2) is 4.79 Å².